The molecule has 0 aliphatic rings. The van der Waals surface area contributed by atoms with Crippen molar-refractivity contribution in [3.8, 4) is 5.75 Å². The molecule has 1 aromatic carbocycles. The monoisotopic (exact) mass is 215 g/mol. The lowest BCUT2D eigenvalue weighted by molar-refractivity contribution is -0.137. The van der Waals surface area contributed by atoms with Gasteiger partial charge in [0.2, 0.25) is 0 Å². The van der Waals surface area contributed by atoms with Gasteiger partial charge in [-0.1, -0.05) is 32.0 Å². The molecule has 0 aliphatic heterocycles. The Morgan fingerprint density at radius 1 is 1.25 bits per heavy atom. The second-order valence-corrected chi connectivity index (χ2v) is 3.91. The quantitative estimate of drug-likeness (QED) is 0.571. The molecule has 3 heteroatoms. The van der Waals surface area contributed by atoms with Crippen LogP contribution in [0, 0.1) is 5.92 Å². The van der Waals surface area contributed by atoms with Gasteiger partial charge in [-0.05, 0) is 12.1 Å². The first-order chi connectivity index (χ1) is 7.68. The van der Waals surface area contributed by atoms with E-state index in [9.17, 15) is 4.79 Å². The summed E-state index contributed by atoms with van der Waals surface area (Å²) in [4.78, 5) is 15.7. The van der Waals surface area contributed by atoms with Crippen molar-refractivity contribution in [3.05, 3.63) is 36.5 Å². The normalized spacial score (nSPS) is 10.7. The number of rotatable bonds is 2. The minimum atomic E-state index is -0.238. The van der Waals surface area contributed by atoms with Crippen LogP contribution in [0.2, 0.25) is 0 Å². The number of pyridine rings is 1. The third-order valence-electron chi connectivity index (χ3n) is 2.28. The Morgan fingerprint density at radius 2 is 2.00 bits per heavy atom. The van der Waals surface area contributed by atoms with Gasteiger partial charge in [0.15, 0.2) is 5.75 Å². The van der Waals surface area contributed by atoms with Crippen LogP contribution in [0.4, 0.5) is 0 Å². The van der Waals surface area contributed by atoms with Gasteiger partial charge in [0.05, 0.1) is 5.92 Å². The van der Waals surface area contributed by atoms with Crippen molar-refractivity contribution < 1.29 is 9.53 Å². The number of esters is 1. The molecule has 82 valence electrons. The number of hydrogen-bond donors (Lipinski definition) is 0. The number of carbonyl (C=O) groups excluding carboxylic acids is 1. The molecule has 0 saturated carbocycles. The van der Waals surface area contributed by atoms with E-state index >= 15 is 0 Å². The van der Waals surface area contributed by atoms with Crippen molar-refractivity contribution in [1.29, 1.82) is 0 Å². The van der Waals surface area contributed by atoms with E-state index in [4.69, 9.17) is 4.74 Å². The predicted molar refractivity (Wildman–Crippen MR) is 62.2 cm³/mol. The van der Waals surface area contributed by atoms with Gasteiger partial charge in [-0.15, -0.1) is 0 Å². The van der Waals surface area contributed by atoms with Gasteiger partial charge < -0.3 is 4.74 Å². The van der Waals surface area contributed by atoms with E-state index in [1.165, 1.54) is 0 Å². The summed E-state index contributed by atoms with van der Waals surface area (Å²) in [6.07, 6.45) is 1.69. The highest BCUT2D eigenvalue weighted by Gasteiger charge is 2.11. The van der Waals surface area contributed by atoms with Crippen LogP contribution in [0.5, 0.6) is 5.75 Å². The van der Waals surface area contributed by atoms with E-state index in [1.807, 2.05) is 24.3 Å². The van der Waals surface area contributed by atoms with Crippen LogP contribution in [0.3, 0.4) is 0 Å². The molecule has 2 aromatic rings. The number of carbonyl (C=O) groups is 1. The molecule has 1 heterocycles. The summed E-state index contributed by atoms with van der Waals surface area (Å²) in [7, 11) is 0. The fourth-order valence-corrected chi connectivity index (χ4v) is 1.38. The van der Waals surface area contributed by atoms with E-state index in [0.717, 1.165) is 10.9 Å². The van der Waals surface area contributed by atoms with Crippen LogP contribution in [-0.2, 0) is 4.79 Å². The Hall–Kier alpha value is -1.90. The molecule has 0 N–H and O–H groups in total. The maximum absolute atomic E-state index is 11.5. The first-order valence-corrected chi connectivity index (χ1v) is 5.24. The van der Waals surface area contributed by atoms with Crippen LogP contribution in [0.15, 0.2) is 36.5 Å². The first kappa shape index (κ1) is 10.6. The largest absolute Gasteiger partial charge is 0.424 e. The van der Waals surface area contributed by atoms with Crippen LogP contribution < -0.4 is 4.74 Å². The van der Waals surface area contributed by atoms with Gasteiger partial charge in [0.25, 0.3) is 0 Å². The van der Waals surface area contributed by atoms with Crippen LogP contribution in [0.1, 0.15) is 13.8 Å². The van der Waals surface area contributed by atoms with Gasteiger partial charge in [-0.25, -0.2) is 0 Å². The summed E-state index contributed by atoms with van der Waals surface area (Å²) in [5.74, 6) is 0.147. The molecular formula is C13H13NO2. The van der Waals surface area contributed by atoms with E-state index in [2.05, 4.69) is 4.98 Å². The Kier molecular flexibility index (Phi) is 2.86. The number of ether oxygens (including phenoxy) is 1. The third kappa shape index (κ3) is 2.03. The number of benzene rings is 1. The van der Waals surface area contributed by atoms with Crippen molar-refractivity contribution in [2.24, 2.45) is 5.92 Å². The van der Waals surface area contributed by atoms with Gasteiger partial charge >= 0.3 is 5.97 Å². The summed E-state index contributed by atoms with van der Waals surface area (Å²) in [6, 6.07) is 9.35. The van der Waals surface area contributed by atoms with Gasteiger partial charge in [-0.2, -0.15) is 0 Å². The zero-order valence-electron chi connectivity index (χ0n) is 9.31. The lowest BCUT2D eigenvalue weighted by Crippen LogP contribution is -2.15. The standard InChI is InChI=1S/C13H13NO2/c1-9(2)13(15)16-11-7-3-5-10-6-4-8-14-12(10)11/h3-9H,1-2H3. The predicted octanol–water partition coefficient (Wildman–Crippen LogP) is 2.80. The highest BCUT2D eigenvalue weighted by Crippen LogP contribution is 2.23. The van der Waals surface area contributed by atoms with E-state index in [0.29, 0.717) is 5.75 Å². The second kappa shape index (κ2) is 4.31. The molecule has 0 radical (unpaired) electrons. The minimum Gasteiger partial charge on any atom is -0.424 e. The van der Waals surface area contributed by atoms with E-state index in [-0.39, 0.29) is 11.9 Å². The molecule has 0 bridgehead atoms. The molecule has 3 nitrogen and oxygen atoms in total. The van der Waals surface area contributed by atoms with Gasteiger partial charge in [0.1, 0.15) is 5.52 Å². The smallest absolute Gasteiger partial charge is 0.313 e. The first-order valence-electron chi connectivity index (χ1n) is 5.24. The Balaban J connectivity index is 2.41. The molecule has 0 atom stereocenters. The minimum absolute atomic E-state index is 0.140. The number of fused-ring (bicyclic) bond motifs is 1. The zero-order valence-corrected chi connectivity index (χ0v) is 9.31. The highest BCUT2D eigenvalue weighted by molar-refractivity contribution is 5.87. The van der Waals surface area contributed by atoms with Crippen LogP contribution in [0.25, 0.3) is 10.9 Å². The highest BCUT2D eigenvalue weighted by atomic mass is 16.5. The summed E-state index contributed by atoms with van der Waals surface area (Å²) >= 11 is 0. The topological polar surface area (TPSA) is 39.2 Å². The van der Waals surface area contributed by atoms with Crippen molar-refractivity contribution in [1.82, 2.24) is 4.98 Å². The van der Waals surface area contributed by atoms with E-state index < -0.39 is 0 Å². The fourth-order valence-electron chi connectivity index (χ4n) is 1.38. The molecule has 16 heavy (non-hydrogen) atoms. The average Bonchev–Trinajstić information content (AvgIpc) is 2.29. The van der Waals surface area contributed by atoms with Crippen LogP contribution in [-0.4, -0.2) is 11.0 Å². The number of hydrogen-bond acceptors (Lipinski definition) is 3. The van der Waals surface area contributed by atoms with Gasteiger partial charge in [-0.3, -0.25) is 9.78 Å². The molecule has 1 aromatic heterocycles. The maximum atomic E-state index is 11.5. The van der Waals surface area contributed by atoms with Crippen molar-refractivity contribution in [2.45, 2.75) is 13.8 Å². The molecule has 0 aliphatic carbocycles. The lowest BCUT2D eigenvalue weighted by Gasteiger charge is -2.08. The Bertz CT molecular complexity index is 515. The molecule has 0 unspecified atom stereocenters. The summed E-state index contributed by atoms with van der Waals surface area (Å²) in [6.45, 7) is 3.61. The molecular weight excluding hydrogens is 202 g/mol. The van der Waals surface area contributed by atoms with Gasteiger partial charge in [0, 0.05) is 11.6 Å². The average molecular weight is 215 g/mol. The number of aromatic nitrogens is 1. The van der Waals surface area contributed by atoms with E-state index in [1.54, 1.807) is 26.1 Å². The SMILES string of the molecule is CC(C)C(=O)Oc1cccc2cccnc12. The van der Waals surface area contributed by atoms with Crippen LogP contribution >= 0.6 is 0 Å². The molecule has 0 saturated heterocycles. The summed E-state index contributed by atoms with van der Waals surface area (Å²) < 4.78 is 5.29. The van der Waals surface area contributed by atoms with Crippen molar-refractivity contribution in [2.75, 3.05) is 0 Å². The second-order valence-electron chi connectivity index (χ2n) is 3.91. The Labute approximate surface area is 94.1 Å². The Morgan fingerprint density at radius 3 is 2.75 bits per heavy atom. The fraction of sp³-hybridized carbons (Fsp3) is 0.231. The third-order valence-corrected chi connectivity index (χ3v) is 2.28. The summed E-state index contributed by atoms with van der Waals surface area (Å²) in [5.41, 5.74) is 0.721. The summed E-state index contributed by atoms with van der Waals surface area (Å²) in [5, 5.41) is 0.969. The van der Waals surface area contributed by atoms with Crippen molar-refractivity contribution in [3.63, 3.8) is 0 Å². The lowest BCUT2D eigenvalue weighted by atomic mass is 10.2. The number of para-hydroxylation sites is 1. The zero-order chi connectivity index (χ0) is 11.5. The molecule has 0 amide bonds. The molecule has 2 rings (SSSR count). The number of nitrogens with zero attached hydrogens (tertiary/aromatic N) is 1. The maximum Gasteiger partial charge on any atom is 0.313 e. The molecule has 0 fully saturated rings. The molecule has 0 spiro atoms. The van der Waals surface area contributed by atoms with Crippen molar-refractivity contribution >= 4 is 16.9 Å².